The first kappa shape index (κ1) is 12.4. The summed E-state index contributed by atoms with van der Waals surface area (Å²) in [4.78, 5) is 2.75. The molecule has 1 N–H and O–H groups in total. The molecule has 2 heteroatoms. The van der Waals surface area contributed by atoms with Crippen molar-refractivity contribution >= 4 is 0 Å². The predicted molar refractivity (Wildman–Crippen MR) is 69.6 cm³/mol. The Morgan fingerprint density at radius 2 is 2.00 bits per heavy atom. The van der Waals surface area contributed by atoms with E-state index >= 15 is 0 Å². The lowest BCUT2D eigenvalue weighted by Crippen LogP contribution is -2.52. The van der Waals surface area contributed by atoms with Gasteiger partial charge in [-0.3, -0.25) is 4.90 Å². The molecule has 2 fully saturated rings. The van der Waals surface area contributed by atoms with Gasteiger partial charge in [-0.05, 0) is 44.6 Å². The summed E-state index contributed by atoms with van der Waals surface area (Å²) >= 11 is 0. The Hall–Kier alpha value is -0.0800. The molecule has 0 aromatic carbocycles. The second-order valence-electron chi connectivity index (χ2n) is 5.80. The molecule has 2 nitrogen and oxygen atoms in total. The molecule has 2 rings (SSSR count). The molecular formula is C14H28N2. The van der Waals surface area contributed by atoms with Gasteiger partial charge in [0.05, 0.1) is 0 Å². The van der Waals surface area contributed by atoms with E-state index in [0.29, 0.717) is 0 Å². The molecule has 1 saturated heterocycles. The molecule has 1 aliphatic heterocycles. The van der Waals surface area contributed by atoms with E-state index in [1.165, 1.54) is 38.8 Å². The first-order chi connectivity index (χ1) is 7.74. The molecule has 3 unspecified atom stereocenters. The zero-order chi connectivity index (χ0) is 11.5. The summed E-state index contributed by atoms with van der Waals surface area (Å²) < 4.78 is 0. The predicted octanol–water partition coefficient (Wildman–Crippen LogP) is 2.49. The van der Waals surface area contributed by atoms with Gasteiger partial charge in [0.25, 0.3) is 0 Å². The molecule has 3 atom stereocenters. The van der Waals surface area contributed by atoms with Crippen LogP contribution in [0.2, 0.25) is 0 Å². The quantitative estimate of drug-likeness (QED) is 0.772. The van der Waals surface area contributed by atoms with Gasteiger partial charge in [0, 0.05) is 25.2 Å². The van der Waals surface area contributed by atoms with Crippen molar-refractivity contribution in [2.75, 3.05) is 19.6 Å². The van der Waals surface area contributed by atoms with Gasteiger partial charge in [0.15, 0.2) is 0 Å². The summed E-state index contributed by atoms with van der Waals surface area (Å²) in [5.41, 5.74) is 0. The molecule has 16 heavy (non-hydrogen) atoms. The fourth-order valence-electron chi connectivity index (χ4n) is 3.18. The van der Waals surface area contributed by atoms with Gasteiger partial charge in [-0.1, -0.05) is 20.3 Å². The fraction of sp³-hybridized carbons (Fsp3) is 1.00. The monoisotopic (exact) mass is 224 g/mol. The van der Waals surface area contributed by atoms with Crippen molar-refractivity contribution in [3.05, 3.63) is 0 Å². The zero-order valence-corrected chi connectivity index (χ0v) is 11.2. The van der Waals surface area contributed by atoms with Gasteiger partial charge in [0.1, 0.15) is 0 Å². The molecule has 0 aromatic rings. The number of rotatable bonds is 5. The molecule has 1 aliphatic carbocycles. The maximum absolute atomic E-state index is 3.65. The van der Waals surface area contributed by atoms with Crippen LogP contribution >= 0.6 is 0 Å². The van der Waals surface area contributed by atoms with E-state index in [1.54, 1.807) is 0 Å². The summed E-state index contributed by atoms with van der Waals surface area (Å²) in [7, 11) is 0. The van der Waals surface area contributed by atoms with E-state index in [0.717, 1.165) is 30.5 Å². The van der Waals surface area contributed by atoms with Crippen molar-refractivity contribution < 1.29 is 0 Å². The minimum absolute atomic E-state index is 0.741. The van der Waals surface area contributed by atoms with E-state index in [2.05, 4.69) is 31.0 Å². The number of piperidine rings is 1. The first-order valence-corrected chi connectivity index (χ1v) is 7.22. The van der Waals surface area contributed by atoms with Gasteiger partial charge in [-0.25, -0.2) is 0 Å². The van der Waals surface area contributed by atoms with Gasteiger partial charge in [-0.2, -0.15) is 0 Å². The van der Waals surface area contributed by atoms with E-state index in [9.17, 15) is 0 Å². The van der Waals surface area contributed by atoms with Crippen molar-refractivity contribution in [1.82, 2.24) is 10.2 Å². The summed E-state index contributed by atoms with van der Waals surface area (Å²) in [6, 6.07) is 1.57. The van der Waals surface area contributed by atoms with Crippen LogP contribution in [0.1, 0.15) is 46.5 Å². The highest BCUT2D eigenvalue weighted by atomic mass is 15.2. The Kier molecular flexibility index (Phi) is 4.26. The Morgan fingerprint density at radius 1 is 1.25 bits per heavy atom. The van der Waals surface area contributed by atoms with E-state index in [1.807, 2.05) is 0 Å². The topological polar surface area (TPSA) is 15.3 Å². The summed E-state index contributed by atoms with van der Waals surface area (Å²) in [5, 5.41) is 3.65. The highest BCUT2D eigenvalue weighted by Crippen LogP contribution is 2.36. The summed E-state index contributed by atoms with van der Waals surface area (Å²) in [6.45, 7) is 10.8. The second-order valence-corrected chi connectivity index (χ2v) is 5.80. The van der Waals surface area contributed by atoms with Crippen LogP contribution in [0.25, 0.3) is 0 Å². The van der Waals surface area contributed by atoms with E-state index in [4.69, 9.17) is 0 Å². The van der Waals surface area contributed by atoms with Crippen molar-refractivity contribution in [2.45, 2.75) is 58.5 Å². The molecule has 0 radical (unpaired) electrons. The Bertz CT molecular complexity index is 213. The van der Waals surface area contributed by atoms with E-state index < -0.39 is 0 Å². The lowest BCUT2D eigenvalue weighted by Gasteiger charge is -2.41. The standard InChI is InChI=1S/C14H28N2/c1-4-12-8-14(15-5-2)10-16(9-12)11(3)13-6-7-13/h11-15H,4-10H2,1-3H3. The molecule has 1 heterocycles. The van der Waals surface area contributed by atoms with Crippen LogP contribution < -0.4 is 5.32 Å². The first-order valence-electron chi connectivity index (χ1n) is 7.22. The third kappa shape index (κ3) is 2.98. The summed E-state index contributed by atoms with van der Waals surface area (Å²) in [6.07, 6.45) is 5.68. The average molecular weight is 224 g/mol. The third-order valence-corrected chi connectivity index (χ3v) is 4.52. The van der Waals surface area contributed by atoms with Crippen LogP contribution in [0.4, 0.5) is 0 Å². The SMILES string of the molecule is CCNC1CC(CC)CN(C(C)C2CC2)C1. The molecule has 1 saturated carbocycles. The Balaban J connectivity index is 1.90. The van der Waals surface area contributed by atoms with Crippen LogP contribution in [0.5, 0.6) is 0 Å². The summed E-state index contributed by atoms with van der Waals surface area (Å²) in [5.74, 6) is 1.93. The Morgan fingerprint density at radius 3 is 2.56 bits per heavy atom. The Labute approximate surface area is 101 Å². The maximum Gasteiger partial charge on any atom is 0.0198 e. The largest absolute Gasteiger partial charge is 0.313 e. The minimum Gasteiger partial charge on any atom is -0.313 e. The molecule has 0 aromatic heterocycles. The molecule has 0 bridgehead atoms. The van der Waals surface area contributed by atoms with Crippen molar-refractivity contribution in [1.29, 1.82) is 0 Å². The highest BCUT2D eigenvalue weighted by Gasteiger charge is 2.35. The normalized spacial score (nSPS) is 33.9. The third-order valence-electron chi connectivity index (χ3n) is 4.52. The number of nitrogens with zero attached hydrogens (tertiary/aromatic N) is 1. The van der Waals surface area contributed by atoms with Crippen LogP contribution in [0, 0.1) is 11.8 Å². The van der Waals surface area contributed by atoms with Crippen molar-refractivity contribution in [2.24, 2.45) is 11.8 Å². The van der Waals surface area contributed by atoms with Crippen LogP contribution in [-0.4, -0.2) is 36.6 Å². The maximum atomic E-state index is 3.65. The number of likely N-dealkylation sites (tertiary alicyclic amines) is 1. The molecular weight excluding hydrogens is 196 g/mol. The molecule has 94 valence electrons. The number of hydrogen-bond acceptors (Lipinski definition) is 2. The number of likely N-dealkylation sites (N-methyl/N-ethyl adjacent to an activating group) is 1. The zero-order valence-electron chi connectivity index (χ0n) is 11.2. The van der Waals surface area contributed by atoms with Crippen molar-refractivity contribution in [3.63, 3.8) is 0 Å². The molecule has 0 spiro atoms. The molecule has 2 aliphatic rings. The second kappa shape index (κ2) is 5.50. The van der Waals surface area contributed by atoms with Crippen LogP contribution in [0.3, 0.4) is 0 Å². The van der Waals surface area contributed by atoms with Crippen LogP contribution in [-0.2, 0) is 0 Å². The van der Waals surface area contributed by atoms with Gasteiger partial charge in [0.2, 0.25) is 0 Å². The van der Waals surface area contributed by atoms with E-state index in [-0.39, 0.29) is 0 Å². The van der Waals surface area contributed by atoms with Gasteiger partial charge < -0.3 is 5.32 Å². The number of nitrogens with one attached hydrogen (secondary N) is 1. The van der Waals surface area contributed by atoms with Gasteiger partial charge >= 0.3 is 0 Å². The minimum atomic E-state index is 0.741. The highest BCUT2D eigenvalue weighted by molar-refractivity contribution is 4.91. The lowest BCUT2D eigenvalue weighted by atomic mass is 9.90. The van der Waals surface area contributed by atoms with Crippen molar-refractivity contribution in [3.8, 4) is 0 Å². The average Bonchev–Trinajstić information content (AvgIpc) is 3.12. The fourth-order valence-corrected chi connectivity index (χ4v) is 3.18. The van der Waals surface area contributed by atoms with Crippen LogP contribution in [0.15, 0.2) is 0 Å². The number of hydrogen-bond donors (Lipinski definition) is 1. The molecule has 0 amide bonds. The lowest BCUT2D eigenvalue weighted by molar-refractivity contribution is 0.0933. The van der Waals surface area contributed by atoms with Gasteiger partial charge in [-0.15, -0.1) is 0 Å². The smallest absolute Gasteiger partial charge is 0.0198 e.